The summed E-state index contributed by atoms with van der Waals surface area (Å²) >= 11 is 1.64. The number of hydrogen-bond acceptors (Lipinski definition) is 6. The number of ether oxygens (including phenoxy) is 1. The van der Waals surface area contributed by atoms with Crippen LogP contribution in [-0.2, 0) is 16.4 Å². The molecule has 0 aliphatic carbocycles. The van der Waals surface area contributed by atoms with Gasteiger partial charge in [-0.25, -0.2) is 13.4 Å². The fourth-order valence-electron chi connectivity index (χ4n) is 1.98. The van der Waals surface area contributed by atoms with Gasteiger partial charge in [-0.2, -0.15) is 0 Å². The summed E-state index contributed by atoms with van der Waals surface area (Å²) in [6.07, 6.45) is 3.03. The van der Waals surface area contributed by atoms with Crippen LogP contribution in [0.3, 0.4) is 0 Å². The number of rotatable bonds is 7. The van der Waals surface area contributed by atoms with Crippen molar-refractivity contribution < 1.29 is 13.2 Å². The number of thiazole rings is 1. The topological polar surface area (TPSA) is 92.7 Å². The maximum atomic E-state index is 11.4. The molecule has 0 aliphatic heterocycles. The Bertz CT molecular complexity index is 814. The van der Waals surface area contributed by atoms with E-state index in [-0.39, 0.29) is 4.90 Å². The lowest BCUT2D eigenvalue weighted by atomic mass is 10.3. The normalized spacial score (nSPS) is 12.0. The molecule has 0 unspecified atom stereocenters. The number of benzene rings is 1. The van der Waals surface area contributed by atoms with Crippen molar-refractivity contribution >= 4 is 27.1 Å². The van der Waals surface area contributed by atoms with Crippen LogP contribution in [0, 0.1) is 6.92 Å². The second-order valence-electron chi connectivity index (χ2n) is 5.31. The number of hydrogen-bond donors (Lipinski definition) is 2. The fourth-order valence-corrected chi connectivity index (χ4v) is 3.34. The van der Waals surface area contributed by atoms with Crippen molar-refractivity contribution in [2.45, 2.75) is 18.4 Å². The van der Waals surface area contributed by atoms with Gasteiger partial charge in [-0.05, 0) is 31.2 Å². The van der Waals surface area contributed by atoms with E-state index < -0.39 is 9.84 Å². The molecule has 2 N–H and O–H groups in total. The van der Waals surface area contributed by atoms with Gasteiger partial charge in [0.2, 0.25) is 0 Å². The minimum atomic E-state index is -3.18. The molecule has 1 aromatic heterocycles. The maximum absolute atomic E-state index is 11.4. The van der Waals surface area contributed by atoms with Crippen LogP contribution in [0.4, 0.5) is 0 Å². The first-order valence-corrected chi connectivity index (χ1v) is 10.4. The van der Waals surface area contributed by atoms with Crippen LogP contribution >= 0.6 is 11.3 Å². The summed E-state index contributed by atoms with van der Waals surface area (Å²) in [5, 5.41) is 7.34. The number of sulfone groups is 1. The lowest BCUT2D eigenvalue weighted by Gasteiger charge is -2.12. The third kappa shape index (κ3) is 6.35. The first kappa shape index (κ1) is 19.2. The zero-order valence-corrected chi connectivity index (χ0v) is 16.1. The van der Waals surface area contributed by atoms with E-state index in [1.165, 1.54) is 23.3 Å². The summed E-state index contributed by atoms with van der Waals surface area (Å²) in [6.45, 7) is 3.62. The maximum Gasteiger partial charge on any atom is 0.191 e. The molecule has 2 rings (SSSR count). The molecule has 1 aromatic carbocycles. The Labute approximate surface area is 152 Å². The van der Waals surface area contributed by atoms with E-state index in [1.807, 2.05) is 13.1 Å². The molecule has 0 radical (unpaired) electrons. The van der Waals surface area contributed by atoms with Crippen LogP contribution in [0.1, 0.15) is 9.88 Å². The summed E-state index contributed by atoms with van der Waals surface area (Å²) in [5.74, 6) is 1.29. The molecule has 0 spiro atoms. The summed E-state index contributed by atoms with van der Waals surface area (Å²) in [7, 11) is -1.48. The quantitative estimate of drug-likeness (QED) is 0.429. The van der Waals surface area contributed by atoms with Crippen molar-refractivity contribution in [1.29, 1.82) is 0 Å². The van der Waals surface area contributed by atoms with E-state index in [0.717, 1.165) is 5.01 Å². The molecule has 25 heavy (non-hydrogen) atoms. The summed E-state index contributed by atoms with van der Waals surface area (Å²) in [6, 6.07) is 6.37. The highest BCUT2D eigenvalue weighted by Gasteiger charge is 2.06. The molecule has 0 amide bonds. The van der Waals surface area contributed by atoms with Gasteiger partial charge in [-0.15, -0.1) is 11.3 Å². The molecule has 0 bridgehead atoms. The van der Waals surface area contributed by atoms with Crippen LogP contribution in [0.15, 0.2) is 40.4 Å². The monoisotopic (exact) mass is 382 g/mol. The first-order valence-electron chi connectivity index (χ1n) is 7.67. The van der Waals surface area contributed by atoms with Gasteiger partial charge in [0, 0.05) is 24.4 Å². The third-order valence-corrected chi connectivity index (χ3v) is 5.26. The van der Waals surface area contributed by atoms with Gasteiger partial charge in [-0.3, -0.25) is 4.99 Å². The van der Waals surface area contributed by atoms with Crippen LogP contribution in [-0.4, -0.2) is 45.8 Å². The van der Waals surface area contributed by atoms with Crippen LogP contribution in [0.5, 0.6) is 5.75 Å². The van der Waals surface area contributed by atoms with E-state index in [9.17, 15) is 8.42 Å². The van der Waals surface area contributed by atoms with Gasteiger partial charge in [0.15, 0.2) is 15.8 Å². The number of aryl methyl sites for hydroxylation is 1. The molecule has 136 valence electrons. The molecule has 0 saturated heterocycles. The molecule has 0 aliphatic rings. The highest BCUT2D eigenvalue weighted by atomic mass is 32.2. The minimum absolute atomic E-state index is 0.278. The van der Waals surface area contributed by atoms with Gasteiger partial charge < -0.3 is 15.4 Å². The van der Waals surface area contributed by atoms with E-state index >= 15 is 0 Å². The lowest BCUT2D eigenvalue weighted by molar-refractivity contribution is 0.321. The Hall–Kier alpha value is -2.13. The van der Waals surface area contributed by atoms with E-state index in [4.69, 9.17) is 4.74 Å². The van der Waals surface area contributed by atoms with Gasteiger partial charge in [0.05, 0.1) is 18.0 Å². The van der Waals surface area contributed by atoms with Crippen LogP contribution < -0.4 is 15.4 Å². The molecule has 9 heteroatoms. The average molecular weight is 383 g/mol. The highest BCUT2D eigenvalue weighted by molar-refractivity contribution is 7.90. The fraction of sp³-hybridized carbons (Fsp3) is 0.375. The van der Waals surface area contributed by atoms with Gasteiger partial charge >= 0.3 is 0 Å². The molecule has 0 atom stereocenters. The average Bonchev–Trinajstić information content (AvgIpc) is 2.99. The molecule has 0 fully saturated rings. The zero-order valence-electron chi connectivity index (χ0n) is 14.4. The van der Waals surface area contributed by atoms with Gasteiger partial charge in [0.1, 0.15) is 17.4 Å². The second-order valence-corrected chi connectivity index (χ2v) is 8.64. The third-order valence-electron chi connectivity index (χ3n) is 3.21. The van der Waals surface area contributed by atoms with Crippen molar-refractivity contribution in [2.24, 2.45) is 4.99 Å². The van der Waals surface area contributed by atoms with Crippen molar-refractivity contribution in [2.75, 3.05) is 26.5 Å². The Balaban J connectivity index is 1.72. The predicted molar refractivity (Wildman–Crippen MR) is 100 cm³/mol. The molecule has 0 saturated carbocycles. The standard InChI is InChI=1S/C16H22N4O3S2/c1-12-10-19-15(24-12)11-20-16(17-2)18-8-9-23-13-4-6-14(7-5-13)25(3,21)22/h4-7,10H,8-9,11H2,1-3H3,(H2,17,18,20). The van der Waals surface area contributed by atoms with Crippen LogP contribution in [0.25, 0.3) is 0 Å². The Morgan fingerprint density at radius 2 is 2.00 bits per heavy atom. The Morgan fingerprint density at radius 1 is 1.28 bits per heavy atom. The van der Waals surface area contributed by atoms with Crippen molar-refractivity contribution in [3.05, 3.63) is 40.3 Å². The second kappa shape index (κ2) is 8.82. The number of aliphatic imine (C=N–C) groups is 1. The van der Waals surface area contributed by atoms with Gasteiger partial charge in [0.25, 0.3) is 0 Å². The van der Waals surface area contributed by atoms with E-state index in [2.05, 4.69) is 20.6 Å². The lowest BCUT2D eigenvalue weighted by Crippen LogP contribution is -2.38. The number of aromatic nitrogens is 1. The Kier molecular flexibility index (Phi) is 6.77. The van der Waals surface area contributed by atoms with Crippen molar-refractivity contribution in [1.82, 2.24) is 15.6 Å². The predicted octanol–water partition coefficient (Wildman–Crippen LogP) is 1.60. The summed E-state index contributed by atoms with van der Waals surface area (Å²) in [5.41, 5.74) is 0. The van der Waals surface area contributed by atoms with Gasteiger partial charge in [-0.1, -0.05) is 0 Å². The van der Waals surface area contributed by atoms with Crippen LogP contribution in [0.2, 0.25) is 0 Å². The number of nitrogens with one attached hydrogen (secondary N) is 2. The Morgan fingerprint density at radius 3 is 2.56 bits per heavy atom. The highest BCUT2D eigenvalue weighted by Crippen LogP contribution is 2.15. The van der Waals surface area contributed by atoms with Crippen molar-refractivity contribution in [3.8, 4) is 5.75 Å². The molecule has 2 aromatic rings. The van der Waals surface area contributed by atoms with E-state index in [0.29, 0.717) is 31.4 Å². The molecular weight excluding hydrogens is 360 g/mol. The molecular formula is C16H22N4O3S2. The number of guanidine groups is 1. The molecule has 1 heterocycles. The smallest absolute Gasteiger partial charge is 0.191 e. The van der Waals surface area contributed by atoms with Crippen molar-refractivity contribution in [3.63, 3.8) is 0 Å². The SMILES string of the molecule is CN=C(NCCOc1ccc(S(C)(=O)=O)cc1)NCc1ncc(C)s1. The summed E-state index contributed by atoms with van der Waals surface area (Å²) in [4.78, 5) is 9.88. The first-order chi connectivity index (χ1) is 11.9. The number of nitrogens with zero attached hydrogens (tertiary/aromatic N) is 2. The summed E-state index contributed by atoms with van der Waals surface area (Å²) < 4.78 is 28.4. The molecule has 7 nitrogen and oxygen atoms in total. The minimum Gasteiger partial charge on any atom is -0.492 e. The van der Waals surface area contributed by atoms with E-state index in [1.54, 1.807) is 30.5 Å². The largest absolute Gasteiger partial charge is 0.492 e. The zero-order chi connectivity index (χ0) is 18.3.